The van der Waals surface area contributed by atoms with Crippen LogP contribution in [0.15, 0.2) is 71.8 Å². The molecular weight excluding hydrogens is 258 g/mol. The summed E-state index contributed by atoms with van der Waals surface area (Å²) in [4.78, 5) is 0. The van der Waals surface area contributed by atoms with E-state index in [0.717, 1.165) is 44.5 Å². The molecule has 3 heterocycles. The Morgan fingerprint density at radius 2 is 1.71 bits per heavy atom. The minimum absolute atomic E-state index is 0.931. The minimum atomic E-state index is 0.931. The lowest BCUT2D eigenvalue weighted by molar-refractivity contribution is -0.562. The largest absolute Gasteiger partial charge is 0.455 e. The van der Waals surface area contributed by atoms with Crippen LogP contribution < -0.4 is 4.57 Å². The van der Waals surface area contributed by atoms with Crippen LogP contribution in [-0.4, -0.2) is 0 Å². The van der Waals surface area contributed by atoms with Gasteiger partial charge in [-0.3, -0.25) is 0 Å². The van der Waals surface area contributed by atoms with Crippen molar-refractivity contribution < 1.29 is 8.98 Å². The SMILES string of the molecule is C=C1c2ccc3c(oc4ccccc43)c2-c2cccc[n+]21. The van der Waals surface area contributed by atoms with Gasteiger partial charge in [-0.15, -0.1) is 0 Å². The second-order valence-corrected chi connectivity index (χ2v) is 5.37. The Balaban J connectivity index is 2.02. The molecule has 0 N–H and O–H groups in total. The van der Waals surface area contributed by atoms with Crippen LogP contribution in [0.4, 0.5) is 0 Å². The number of hydrogen-bond donors (Lipinski definition) is 0. The summed E-state index contributed by atoms with van der Waals surface area (Å²) < 4.78 is 8.27. The van der Waals surface area contributed by atoms with E-state index in [4.69, 9.17) is 4.42 Å². The van der Waals surface area contributed by atoms with Gasteiger partial charge in [-0.05, 0) is 30.8 Å². The van der Waals surface area contributed by atoms with Gasteiger partial charge in [0.25, 0.3) is 0 Å². The number of rotatable bonds is 0. The Morgan fingerprint density at radius 1 is 0.857 bits per heavy atom. The molecule has 2 heteroatoms. The Labute approximate surface area is 121 Å². The smallest absolute Gasteiger partial charge is 0.223 e. The average Bonchev–Trinajstić information content (AvgIpc) is 3.04. The third-order valence-corrected chi connectivity index (χ3v) is 4.26. The molecule has 2 nitrogen and oxygen atoms in total. The summed E-state index contributed by atoms with van der Waals surface area (Å²) in [6, 6.07) is 18.7. The Morgan fingerprint density at radius 3 is 2.67 bits per heavy atom. The lowest BCUT2D eigenvalue weighted by Gasteiger charge is -1.95. The topological polar surface area (TPSA) is 17.0 Å². The fraction of sp³-hybridized carbons (Fsp3) is 0. The normalized spacial score (nSPS) is 12.9. The maximum atomic E-state index is 6.15. The maximum Gasteiger partial charge on any atom is 0.223 e. The zero-order valence-electron chi connectivity index (χ0n) is 11.3. The number of para-hydroxylation sites is 1. The van der Waals surface area contributed by atoms with E-state index in [9.17, 15) is 0 Å². The molecule has 1 aliphatic heterocycles. The molecule has 0 saturated heterocycles. The summed E-state index contributed by atoms with van der Waals surface area (Å²) in [5.41, 5.74) is 6.32. The summed E-state index contributed by atoms with van der Waals surface area (Å²) in [5.74, 6) is 0. The minimum Gasteiger partial charge on any atom is -0.455 e. The van der Waals surface area contributed by atoms with Gasteiger partial charge in [0.15, 0.2) is 6.20 Å². The molecule has 98 valence electrons. The highest BCUT2D eigenvalue weighted by Gasteiger charge is 2.33. The van der Waals surface area contributed by atoms with Crippen LogP contribution in [0, 0.1) is 0 Å². The van der Waals surface area contributed by atoms with E-state index in [1.807, 2.05) is 30.5 Å². The molecule has 0 unspecified atom stereocenters. The van der Waals surface area contributed by atoms with Gasteiger partial charge in [-0.25, -0.2) is 0 Å². The zero-order chi connectivity index (χ0) is 14.0. The maximum absolute atomic E-state index is 6.15. The fourth-order valence-corrected chi connectivity index (χ4v) is 3.30. The first-order valence-corrected chi connectivity index (χ1v) is 6.99. The van der Waals surface area contributed by atoms with Gasteiger partial charge >= 0.3 is 0 Å². The van der Waals surface area contributed by atoms with Gasteiger partial charge in [0.05, 0.1) is 5.56 Å². The molecule has 0 bridgehead atoms. The van der Waals surface area contributed by atoms with Crippen LogP contribution in [0.5, 0.6) is 0 Å². The Bertz CT molecular complexity index is 1060. The summed E-state index contributed by atoms with van der Waals surface area (Å²) in [6.07, 6.45) is 2.05. The third-order valence-electron chi connectivity index (χ3n) is 4.26. The van der Waals surface area contributed by atoms with Crippen molar-refractivity contribution in [2.75, 3.05) is 0 Å². The molecule has 0 atom stereocenters. The van der Waals surface area contributed by atoms with E-state index in [2.05, 4.69) is 41.5 Å². The number of pyridine rings is 1. The van der Waals surface area contributed by atoms with E-state index in [-0.39, 0.29) is 0 Å². The van der Waals surface area contributed by atoms with E-state index in [1.54, 1.807) is 0 Å². The zero-order valence-corrected chi connectivity index (χ0v) is 11.3. The van der Waals surface area contributed by atoms with Crippen molar-refractivity contribution in [3.63, 3.8) is 0 Å². The first-order valence-electron chi connectivity index (χ1n) is 6.99. The molecule has 0 aliphatic carbocycles. The van der Waals surface area contributed by atoms with Crippen molar-refractivity contribution in [1.82, 2.24) is 0 Å². The summed E-state index contributed by atoms with van der Waals surface area (Å²) >= 11 is 0. The predicted octanol–water partition coefficient (Wildman–Crippen LogP) is 4.37. The van der Waals surface area contributed by atoms with Crippen LogP contribution >= 0.6 is 0 Å². The number of nitrogens with zero attached hydrogens (tertiary/aromatic N) is 1. The van der Waals surface area contributed by atoms with Crippen molar-refractivity contribution in [2.24, 2.45) is 0 Å². The molecule has 0 spiro atoms. The Hall–Kier alpha value is -2.87. The summed E-state index contributed by atoms with van der Waals surface area (Å²) in [7, 11) is 0. The standard InChI is InChI=1S/C19H12NO/c1-12-13-9-10-15-14-6-2-3-8-17(14)21-19(15)18(13)16-7-4-5-11-20(12)16/h2-11H,1H2/q+1. The molecular formula is C19H12NO+. The molecule has 1 aliphatic rings. The van der Waals surface area contributed by atoms with Crippen LogP contribution in [0.1, 0.15) is 5.56 Å². The molecule has 4 aromatic rings. The second-order valence-electron chi connectivity index (χ2n) is 5.37. The second kappa shape index (κ2) is 3.61. The first kappa shape index (κ1) is 10.9. The average molecular weight is 270 g/mol. The lowest BCUT2D eigenvalue weighted by atomic mass is 10.0. The number of aromatic nitrogens is 1. The molecule has 0 amide bonds. The molecule has 0 fully saturated rings. The van der Waals surface area contributed by atoms with Gasteiger partial charge < -0.3 is 4.42 Å². The number of benzene rings is 2. The van der Waals surface area contributed by atoms with Crippen molar-refractivity contribution in [3.05, 3.63) is 72.9 Å². The molecule has 0 radical (unpaired) electrons. The van der Waals surface area contributed by atoms with Crippen LogP contribution in [0.25, 0.3) is 38.9 Å². The van der Waals surface area contributed by atoms with Crippen LogP contribution in [0.3, 0.4) is 0 Å². The lowest BCUT2D eigenvalue weighted by Crippen LogP contribution is -2.29. The molecule has 2 aromatic heterocycles. The van der Waals surface area contributed by atoms with E-state index in [1.165, 1.54) is 0 Å². The molecule has 2 aromatic carbocycles. The van der Waals surface area contributed by atoms with Gasteiger partial charge in [0, 0.05) is 22.9 Å². The van der Waals surface area contributed by atoms with Crippen molar-refractivity contribution in [2.45, 2.75) is 0 Å². The van der Waals surface area contributed by atoms with Gasteiger partial charge in [-0.1, -0.05) is 18.2 Å². The fourth-order valence-electron chi connectivity index (χ4n) is 3.30. The number of furan rings is 1. The predicted molar refractivity (Wildman–Crippen MR) is 83.8 cm³/mol. The van der Waals surface area contributed by atoms with Gasteiger partial charge in [0.2, 0.25) is 11.4 Å². The first-order chi connectivity index (χ1) is 10.3. The Kier molecular flexibility index (Phi) is 1.87. The monoisotopic (exact) mass is 270 g/mol. The van der Waals surface area contributed by atoms with Crippen LogP contribution in [0.2, 0.25) is 0 Å². The highest BCUT2D eigenvalue weighted by molar-refractivity contribution is 6.11. The van der Waals surface area contributed by atoms with Crippen molar-refractivity contribution in [3.8, 4) is 11.3 Å². The van der Waals surface area contributed by atoms with Gasteiger partial charge in [-0.2, -0.15) is 4.57 Å². The summed E-state index contributed by atoms with van der Waals surface area (Å²) in [6.45, 7) is 4.22. The van der Waals surface area contributed by atoms with E-state index in [0.29, 0.717) is 0 Å². The van der Waals surface area contributed by atoms with E-state index < -0.39 is 0 Å². The van der Waals surface area contributed by atoms with Gasteiger partial charge in [0.1, 0.15) is 16.7 Å². The van der Waals surface area contributed by atoms with Crippen LogP contribution in [-0.2, 0) is 0 Å². The molecule has 21 heavy (non-hydrogen) atoms. The van der Waals surface area contributed by atoms with Crippen molar-refractivity contribution >= 4 is 27.6 Å². The quantitative estimate of drug-likeness (QED) is 0.382. The third kappa shape index (κ3) is 1.24. The number of fused-ring (bicyclic) bond motifs is 7. The highest BCUT2D eigenvalue weighted by atomic mass is 16.3. The highest BCUT2D eigenvalue weighted by Crippen LogP contribution is 2.41. The van der Waals surface area contributed by atoms with E-state index >= 15 is 0 Å². The van der Waals surface area contributed by atoms with Crippen molar-refractivity contribution in [1.29, 1.82) is 0 Å². The summed E-state index contributed by atoms with van der Waals surface area (Å²) in [5, 5.41) is 2.32. The number of hydrogen-bond acceptors (Lipinski definition) is 1. The molecule has 0 saturated carbocycles. The molecule has 5 rings (SSSR count).